The van der Waals surface area contributed by atoms with Gasteiger partial charge in [-0.1, -0.05) is 25.7 Å². The summed E-state index contributed by atoms with van der Waals surface area (Å²) < 4.78 is 0. The summed E-state index contributed by atoms with van der Waals surface area (Å²) in [7, 11) is 0. The van der Waals surface area contributed by atoms with Crippen molar-refractivity contribution in [2.75, 3.05) is 19.6 Å². The average molecular weight is 253 g/mol. The Kier molecular flexibility index (Phi) is 4.58. The number of nitrogens with two attached hydrogens (primary N) is 1. The van der Waals surface area contributed by atoms with Crippen molar-refractivity contribution in [3.05, 3.63) is 0 Å². The third-order valence-corrected chi connectivity index (χ3v) is 4.13. The first-order valence-corrected chi connectivity index (χ1v) is 6.98. The summed E-state index contributed by atoms with van der Waals surface area (Å²) in [5.41, 5.74) is 5.34. The highest BCUT2D eigenvalue weighted by atomic mass is 16.2. The van der Waals surface area contributed by atoms with Gasteiger partial charge in [0.25, 0.3) is 0 Å². The van der Waals surface area contributed by atoms with Crippen molar-refractivity contribution in [1.29, 1.82) is 0 Å². The second-order valence-electron chi connectivity index (χ2n) is 5.40. The number of piperazine rings is 1. The molecule has 1 aliphatic carbocycles. The molecule has 1 saturated carbocycles. The van der Waals surface area contributed by atoms with Crippen LogP contribution in [-0.4, -0.2) is 42.4 Å². The van der Waals surface area contributed by atoms with Crippen molar-refractivity contribution >= 4 is 11.8 Å². The van der Waals surface area contributed by atoms with E-state index in [1.807, 2.05) is 0 Å². The standard InChI is InChI=1S/C13H23N3O2/c14-13(18)11-9-15-7-8-16(11)12(17)6-5-10-3-1-2-4-10/h10-11,15H,1-9H2,(H2,14,18). The Morgan fingerprint density at radius 2 is 2.00 bits per heavy atom. The summed E-state index contributed by atoms with van der Waals surface area (Å²) in [6.07, 6.45) is 6.65. The molecule has 1 saturated heterocycles. The van der Waals surface area contributed by atoms with Crippen LogP contribution in [-0.2, 0) is 9.59 Å². The third kappa shape index (κ3) is 3.22. The molecule has 3 N–H and O–H groups in total. The first-order chi connectivity index (χ1) is 8.68. The van der Waals surface area contributed by atoms with E-state index in [2.05, 4.69) is 5.32 Å². The molecule has 0 aromatic heterocycles. The number of amides is 2. The number of hydrogen-bond donors (Lipinski definition) is 2. The second-order valence-corrected chi connectivity index (χ2v) is 5.40. The Bertz CT molecular complexity index is 313. The normalized spacial score (nSPS) is 25.3. The van der Waals surface area contributed by atoms with Gasteiger partial charge in [0.2, 0.25) is 11.8 Å². The molecule has 5 heteroatoms. The Hall–Kier alpha value is -1.10. The number of nitrogens with one attached hydrogen (secondary N) is 1. The van der Waals surface area contributed by atoms with Gasteiger partial charge in [-0.2, -0.15) is 0 Å². The molecule has 0 aromatic carbocycles. The Labute approximate surface area is 108 Å². The fraction of sp³-hybridized carbons (Fsp3) is 0.846. The Balaban J connectivity index is 1.83. The van der Waals surface area contributed by atoms with E-state index in [4.69, 9.17) is 5.73 Å². The molecule has 102 valence electrons. The van der Waals surface area contributed by atoms with Crippen molar-refractivity contribution in [2.45, 2.75) is 44.6 Å². The SMILES string of the molecule is NC(=O)C1CNCCN1C(=O)CCC1CCCC1. The monoisotopic (exact) mass is 253 g/mol. The van der Waals surface area contributed by atoms with Gasteiger partial charge in [-0.05, 0) is 12.3 Å². The molecule has 5 nitrogen and oxygen atoms in total. The molecule has 0 spiro atoms. The van der Waals surface area contributed by atoms with Crippen molar-refractivity contribution in [2.24, 2.45) is 11.7 Å². The molecule has 1 unspecified atom stereocenters. The van der Waals surface area contributed by atoms with Gasteiger partial charge in [0, 0.05) is 26.1 Å². The molecular formula is C13H23N3O2. The van der Waals surface area contributed by atoms with Gasteiger partial charge in [-0.3, -0.25) is 9.59 Å². The molecule has 2 rings (SSSR count). The van der Waals surface area contributed by atoms with Crippen LogP contribution >= 0.6 is 0 Å². The summed E-state index contributed by atoms with van der Waals surface area (Å²) in [5, 5.41) is 3.10. The summed E-state index contributed by atoms with van der Waals surface area (Å²) >= 11 is 0. The number of hydrogen-bond acceptors (Lipinski definition) is 3. The zero-order valence-electron chi connectivity index (χ0n) is 10.9. The van der Waals surface area contributed by atoms with E-state index < -0.39 is 11.9 Å². The minimum atomic E-state index is -0.463. The smallest absolute Gasteiger partial charge is 0.241 e. The van der Waals surface area contributed by atoms with Crippen LogP contribution in [0.2, 0.25) is 0 Å². The summed E-state index contributed by atoms with van der Waals surface area (Å²) in [5.74, 6) is 0.396. The van der Waals surface area contributed by atoms with Crippen LogP contribution in [0, 0.1) is 5.92 Å². The minimum Gasteiger partial charge on any atom is -0.368 e. The Morgan fingerprint density at radius 1 is 1.28 bits per heavy atom. The molecule has 0 bridgehead atoms. The van der Waals surface area contributed by atoms with E-state index in [0.29, 0.717) is 25.4 Å². The molecule has 0 aromatic rings. The van der Waals surface area contributed by atoms with E-state index >= 15 is 0 Å². The van der Waals surface area contributed by atoms with Gasteiger partial charge in [-0.15, -0.1) is 0 Å². The fourth-order valence-corrected chi connectivity index (χ4v) is 3.03. The number of carbonyl (C=O) groups excluding carboxylic acids is 2. The van der Waals surface area contributed by atoms with Crippen LogP contribution in [0.3, 0.4) is 0 Å². The predicted octanol–water partition coefficient (Wildman–Crippen LogP) is 0.242. The van der Waals surface area contributed by atoms with Crippen LogP contribution in [0.25, 0.3) is 0 Å². The second kappa shape index (κ2) is 6.18. The molecule has 0 radical (unpaired) electrons. The number of nitrogens with zero attached hydrogens (tertiary/aromatic N) is 1. The van der Waals surface area contributed by atoms with Gasteiger partial charge >= 0.3 is 0 Å². The minimum absolute atomic E-state index is 0.0900. The average Bonchev–Trinajstić information content (AvgIpc) is 2.89. The quantitative estimate of drug-likeness (QED) is 0.753. The molecular weight excluding hydrogens is 230 g/mol. The van der Waals surface area contributed by atoms with Crippen molar-refractivity contribution < 1.29 is 9.59 Å². The molecule has 2 fully saturated rings. The van der Waals surface area contributed by atoms with Gasteiger partial charge in [0.1, 0.15) is 6.04 Å². The Morgan fingerprint density at radius 3 is 2.67 bits per heavy atom. The highest BCUT2D eigenvalue weighted by Gasteiger charge is 2.30. The van der Waals surface area contributed by atoms with Crippen LogP contribution in [0.5, 0.6) is 0 Å². The molecule has 1 atom stereocenters. The molecule has 2 amide bonds. The fourth-order valence-electron chi connectivity index (χ4n) is 3.03. The lowest BCUT2D eigenvalue weighted by atomic mass is 10.0. The van der Waals surface area contributed by atoms with Gasteiger partial charge < -0.3 is 16.0 Å². The van der Waals surface area contributed by atoms with Crippen LogP contribution in [0.1, 0.15) is 38.5 Å². The topological polar surface area (TPSA) is 75.4 Å². The first kappa shape index (κ1) is 13.3. The van der Waals surface area contributed by atoms with Crippen molar-refractivity contribution in [3.8, 4) is 0 Å². The summed E-state index contributed by atoms with van der Waals surface area (Å²) in [6, 6.07) is -0.463. The molecule has 2 aliphatic rings. The van der Waals surface area contributed by atoms with E-state index in [-0.39, 0.29) is 5.91 Å². The van der Waals surface area contributed by atoms with Gasteiger partial charge in [0.05, 0.1) is 0 Å². The highest BCUT2D eigenvalue weighted by Crippen LogP contribution is 2.28. The van der Waals surface area contributed by atoms with Crippen molar-refractivity contribution in [3.63, 3.8) is 0 Å². The molecule has 1 aliphatic heterocycles. The maximum atomic E-state index is 12.2. The van der Waals surface area contributed by atoms with Crippen molar-refractivity contribution in [1.82, 2.24) is 10.2 Å². The van der Waals surface area contributed by atoms with E-state index in [9.17, 15) is 9.59 Å². The zero-order valence-corrected chi connectivity index (χ0v) is 10.9. The molecule has 1 heterocycles. The maximum Gasteiger partial charge on any atom is 0.241 e. The predicted molar refractivity (Wildman–Crippen MR) is 68.8 cm³/mol. The van der Waals surface area contributed by atoms with Crippen LogP contribution in [0.15, 0.2) is 0 Å². The number of rotatable bonds is 4. The van der Waals surface area contributed by atoms with E-state index in [0.717, 1.165) is 13.0 Å². The van der Waals surface area contributed by atoms with Gasteiger partial charge in [0.15, 0.2) is 0 Å². The lowest BCUT2D eigenvalue weighted by Gasteiger charge is -2.34. The van der Waals surface area contributed by atoms with E-state index in [1.54, 1.807) is 4.90 Å². The number of primary amides is 1. The summed E-state index contributed by atoms with van der Waals surface area (Å²) in [4.78, 5) is 25.1. The highest BCUT2D eigenvalue weighted by molar-refractivity contribution is 5.87. The lowest BCUT2D eigenvalue weighted by molar-refractivity contribution is -0.140. The molecule has 18 heavy (non-hydrogen) atoms. The third-order valence-electron chi connectivity index (χ3n) is 4.13. The van der Waals surface area contributed by atoms with Gasteiger partial charge in [-0.25, -0.2) is 0 Å². The largest absolute Gasteiger partial charge is 0.368 e. The van der Waals surface area contributed by atoms with Crippen LogP contribution in [0.4, 0.5) is 0 Å². The first-order valence-electron chi connectivity index (χ1n) is 6.98. The summed E-state index contributed by atoms with van der Waals surface area (Å²) in [6.45, 7) is 1.83. The van der Waals surface area contributed by atoms with Crippen LogP contribution < -0.4 is 11.1 Å². The zero-order chi connectivity index (χ0) is 13.0. The lowest BCUT2D eigenvalue weighted by Crippen LogP contribution is -2.58. The maximum absolute atomic E-state index is 12.2. The van der Waals surface area contributed by atoms with E-state index in [1.165, 1.54) is 25.7 Å². The number of carbonyl (C=O) groups is 2.